The molecule has 1 atom stereocenters. The molecular formula is C17H24N2OS. The minimum absolute atomic E-state index is 0.253. The summed E-state index contributed by atoms with van der Waals surface area (Å²) in [4.78, 5) is 13.6. The zero-order valence-corrected chi connectivity index (χ0v) is 13.7. The average molecular weight is 304 g/mol. The van der Waals surface area contributed by atoms with Gasteiger partial charge in [-0.1, -0.05) is 12.1 Å². The van der Waals surface area contributed by atoms with E-state index in [2.05, 4.69) is 42.0 Å². The zero-order chi connectivity index (χ0) is 14.9. The van der Waals surface area contributed by atoms with Crippen molar-refractivity contribution in [3.8, 4) is 0 Å². The normalized spacial score (nSPS) is 23.0. The third kappa shape index (κ3) is 3.11. The van der Waals surface area contributed by atoms with Crippen molar-refractivity contribution in [3.05, 3.63) is 29.3 Å². The van der Waals surface area contributed by atoms with Crippen molar-refractivity contribution in [2.45, 2.75) is 37.6 Å². The Morgan fingerprint density at radius 2 is 2.19 bits per heavy atom. The van der Waals surface area contributed by atoms with E-state index >= 15 is 0 Å². The van der Waals surface area contributed by atoms with E-state index in [-0.39, 0.29) is 11.8 Å². The number of hydrogen-bond acceptors (Lipinski definition) is 3. The van der Waals surface area contributed by atoms with Crippen molar-refractivity contribution >= 4 is 17.7 Å². The molecule has 2 fully saturated rings. The first-order valence-electron chi connectivity index (χ1n) is 7.77. The largest absolute Gasteiger partial charge is 0.352 e. The molecule has 1 spiro atoms. The van der Waals surface area contributed by atoms with Crippen LogP contribution in [0.5, 0.6) is 0 Å². The van der Waals surface area contributed by atoms with Gasteiger partial charge in [0.05, 0.1) is 0 Å². The number of thioether (sulfide) groups is 1. The molecule has 0 radical (unpaired) electrons. The lowest BCUT2D eigenvalue weighted by Gasteiger charge is -2.23. The Bertz CT molecular complexity index is 538. The van der Waals surface area contributed by atoms with Crippen LogP contribution in [0.25, 0.3) is 0 Å². The molecule has 1 aromatic carbocycles. The van der Waals surface area contributed by atoms with E-state index in [4.69, 9.17) is 0 Å². The SMILES string of the molecule is CSc1cc(C)ccc1CNC(=O)C1CC12CCNCC2. The Kier molecular flexibility index (Phi) is 4.27. The van der Waals surface area contributed by atoms with Crippen molar-refractivity contribution in [3.63, 3.8) is 0 Å². The number of benzene rings is 1. The number of aryl methyl sites for hydroxylation is 1. The minimum atomic E-state index is 0.253. The molecule has 3 nitrogen and oxygen atoms in total. The highest BCUT2D eigenvalue weighted by molar-refractivity contribution is 7.98. The van der Waals surface area contributed by atoms with Gasteiger partial charge >= 0.3 is 0 Å². The van der Waals surface area contributed by atoms with Gasteiger partial charge in [-0.05, 0) is 68.1 Å². The zero-order valence-electron chi connectivity index (χ0n) is 12.9. The van der Waals surface area contributed by atoms with Crippen LogP contribution in [0.3, 0.4) is 0 Å². The molecule has 1 heterocycles. The standard InChI is InChI=1S/C17H24N2OS/c1-12-3-4-13(15(9-12)21-2)11-19-16(20)14-10-17(14)5-7-18-8-6-17/h3-4,9,14,18H,5-8,10-11H2,1-2H3,(H,19,20). The maximum absolute atomic E-state index is 12.4. The number of carbonyl (C=O) groups is 1. The molecule has 0 aromatic heterocycles. The van der Waals surface area contributed by atoms with E-state index in [9.17, 15) is 4.79 Å². The third-order valence-corrected chi connectivity index (χ3v) is 5.82. The second-order valence-electron chi connectivity index (χ2n) is 6.40. The minimum Gasteiger partial charge on any atom is -0.352 e. The summed E-state index contributed by atoms with van der Waals surface area (Å²) in [6, 6.07) is 6.44. The summed E-state index contributed by atoms with van der Waals surface area (Å²) in [5.74, 6) is 0.507. The fourth-order valence-corrected chi connectivity index (χ4v) is 4.21. The molecule has 1 aliphatic carbocycles. The molecule has 1 aromatic rings. The highest BCUT2D eigenvalue weighted by Gasteiger charge is 2.57. The van der Waals surface area contributed by atoms with Gasteiger partial charge in [0.25, 0.3) is 0 Å². The monoisotopic (exact) mass is 304 g/mol. The number of carbonyl (C=O) groups excluding carboxylic acids is 1. The van der Waals surface area contributed by atoms with Crippen molar-refractivity contribution < 1.29 is 4.79 Å². The van der Waals surface area contributed by atoms with Gasteiger partial charge in [-0.3, -0.25) is 4.79 Å². The Morgan fingerprint density at radius 3 is 2.90 bits per heavy atom. The summed E-state index contributed by atoms with van der Waals surface area (Å²) < 4.78 is 0. The number of hydrogen-bond donors (Lipinski definition) is 2. The van der Waals surface area contributed by atoms with Crippen LogP contribution in [-0.4, -0.2) is 25.3 Å². The van der Waals surface area contributed by atoms with Gasteiger partial charge in [-0.2, -0.15) is 0 Å². The topological polar surface area (TPSA) is 41.1 Å². The van der Waals surface area contributed by atoms with E-state index in [0.717, 1.165) is 32.4 Å². The Balaban J connectivity index is 1.57. The van der Waals surface area contributed by atoms with E-state index < -0.39 is 0 Å². The van der Waals surface area contributed by atoms with Crippen molar-refractivity contribution in [1.82, 2.24) is 10.6 Å². The number of rotatable bonds is 4. The van der Waals surface area contributed by atoms with Gasteiger partial charge in [0, 0.05) is 17.4 Å². The first kappa shape index (κ1) is 14.9. The molecule has 1 aliphatic heterocycles. The smallest absolute Gasteiger partial charge is 0.223 e. The van der Waals surface area contributed by atoms with Crippen LogP contribution >= 0.6 is 11.8 Å². The van der Waals surface area contributed by atoms with E-state index in [1.165, 1.54) is 16.0 Å². The maximum Gasteiger partial charge on any atom is 0.223 e. The molecule has 3 rings (SSSR count). The fraction of sp³-hybridized carbons (Fsp3) is 0.588. The first-order chi connectivity index (χ1) is 10.1. The van der Waals surface area contributed by atoms with Crippen LogP contribution in [0.1, 0.15) is 30.4 Å². The third-order valence-electron chi connectivity index (χ3n) is 5.00. The fourth-order valence-electron chi connectivity index (χ4n) is 3.50. The lowest BCUT2D eigenvalue weighted by molar-refractivity contribution is -0.123. The highest BCUT2D eigenvalue weighted by atomic mass is 32.2. The highest BCUT2D eigenvalue weighted by Crippen LogP contribution is 2.58. The molecule has 2 aliphatic rings. The van der Waals surface area contributed by atoms with Gasteiger partial charge < -0.3 is 10.6 Å². The van der Waals surface area contributed by atoms with Crippen LogP contribution in [-0.2, 0) is 11.3 Å². The van der Waals surface area contributed by atoms with E-state index in [1.807, 2.05) is 0 Å². The number of nitrogens with one attached hydrogen (secondary N) is 2. The summed E-state index contributed by atoms with van der Waals surface area (Å²) in [6.45, 7) is 4.89. The Hall–Kier alpha value is -1.00. The van der Waals surface area contributed by atoms with Gasteiger partial charge in [0.1, 0.15) is 0 Å². The van der Waals surface area contributed by atoms with Crippen molar-refractivity contribution in [2.24, 2.45) is 11.3 Å². The van der Waals surface area contributed by atoms with Gasteiger partial charge in [-0.25, -0.2) is 0 Å². The molecule has 114 valence electrons. The van der Waals surface area contributed by atoms with Crippen LogP contribution < -0.4 is 10.6 Å². The van der Waals surface area contributed by atoms with Crippen LogP contribution in [0, 0.1) is 18.3 Å². The molecule has 2 N–H and O–H groups in total. The summed E-state index contributed by atoms with van der Waals surface area (Å²) in [6.07, 6.45) is 5.49. The first-order valence-corrected chi connectivity index (χ1v) is 8.99. The summed E-state index contributed by atoms with van der Waals surface area (Å²) >= 11 is 1.75. The molecule has 1 unspecified atom stereocenters. The average Bonchev–Trinajstić information content (AvgIpc) is 3.19. The predicted molar refractivity (Wildman–Crippen MR) is 87.5 cm³/mol. The Morgan fingerprint density at radius 1 is 1.43 bits per heavy atom. The molecule has 1 saturated carbocycles. The quantitative estimate of drug-likeness (QED) is 0.840. The van der Waals surface area contributed by atoms with E-state index in [1.54, 1.807) is 11.8 Å². The maximum atomic E-state index is 12.4. The van der Waals surface area contributed by atoms with Gasteiger partial charge in [-0.15, -0.1) is 11.8 Å². The van der Waals surface area contributed by atoms with Gasteiger partial charge in [0.15, 0.2) is 0 Å². The van der Waals surface area contributed by atoms with Crippen LogP contribution in [0.4, 0.5) is 0 Å². The lowest BCUT2D eigenvalue weighted by Crippen LogP contribution is -2.33. The lowest BCUT2D eigenvalue weighted by atomic mass is 9.92. The van der Waals surface area contributed by atoms with Gasteiger partial charge in [0.2, 0.25) is 5.91 Å². The van der Waals surface area contributed by atoms with E-state index in [0.29, 0.717) is 12.0 Å². The predicted octanol–water partition coefficient (Wildman–Crippen LogP) is 2.72. The summed E-state index contributed by atoms with van der Waals surface area (Å²) in [5, 5.41) is 6.54. The molecule has 1 saturated heterocycles. The van der Waals surface area contributed by atoms with Crippen molar-refractivity contribution in [2.75, 3.05) is 19.3 Å². The second kappa shape index (κ2) is 6.01. The second-order valence-corrected chi connectivity index (χ2v) is 7.25. The number of amides is 1. The summed E-state index contributed by atoms with van der Waals surface area (Å²) in [7, 11) is 0. The Labute approximate surface area is 131 Å². The van der Waals surface area contributed by atoms with Crippen molar-refractivity contribution in [1.29, 1.82) is 0 Å². The molecule has 1 amide bonds. The number of piperidine rings is 1. The van der Waals surface area contributed by atoms with Crippen LogP contribution in [0.2, 0.25) is 0 Å². The molecule has 21 heavy (non-hydrogen) atoms. The molecular weight excluding hydrogens is 280 g/mol. The summed E-state index contributed by atoms with van der Waals surface area (Å²) in [5.41, 5.74) is 2.82. The molecule has 4 heteroatoms. The molecule has 0 bridgehead atoms. The van der Waals surface area contributed by atoms with Crippen LogP contribution in [0.15, 0.2) is 23.1 Å².